The van der Waals surface area contributed by atoms with Crippen LogP contribution in [0.2, 0.25) is 0 Å². The van der Waals surface area contributed by atoms with E-state index in [9.17, 15) is 25.4 Å². The van der Waals surface area contributed by atoms with Crippen LogP contribution in [0.5, 0.6) is 0 Å². The standard InChI is InChI=1S/C28H20N4O3/c1-27-23-13-12-22(32(34)35)16-21(23)14-15-31(27)24(17-29)25(19-8-4-2-5-9-19)28(27,18-30)26(33)20-10-6-3-7-11-20/h2-16,24-25H,1H3/t24-,25+,27-,28-/m1/s1. The largest absolute Gasteiger partial charge is 0.350 e. The highest BCUT2D eigenvalue weighted by molar-refractivity contribution is 6.05. The first-order valence-corrected chi connectivity index (χ1v) is 11.1. The van der Waals surface area contributed by atoms with Crippen LogP contribution >= 0.6 is 0 Å². The average molecular weight is 460 g/mol. The lowest BCUT2D eigenvalue weighted by Crippen LogP contribution is -2.53. The summed E-state index contributed by atoms with van der Waals surface area (Å²) in [4.78, 5) is 27.1. The maximum atomic E-state index is 14.4. The summed E-state index contributed by atoms with van der Waals surface area (Å²) in [5.41, 5.74) is -0.846. The number of hydrogen-bond acceptors (Lipinski definition) is 6. The molecule has 2 aliphatic rings. The van der Waals surface area contributed by atoms with Gasteiger partial charge in [0.2, 0.25) is 0 Å². The number of Topliss-reactive ketones (excluding diaryl/α,β-unsaturated/α-hetero) is 1. The zero-order chi connectivity index (χ0) is 24.8. The van der Waals surface area contributed by atoms with Crippen molar-refractivity contribution in [3.8, 4) is 12.1 Å². The van der Waals surface area contributed by atoms with Gasteiger partial charge in [0, 0.05) is 29.8 Å². The molecule has 170 valence electrons. The van der Waals surface area contributed by atoms with Crippen molar-refractivity contribution in [3.63, 3.8) is 0 Å². The molecule has 0 unspecified atom stereocenters. The molecule has 7 heteroatoms. The van der Waals surface area contributed by atoms with Crippen LogP contribution in [-0.4, -0.2) is 21.6 Å². The molecule has 0 aliphatic carbocycles. The Morgan fingerprint density at radius 2 is 1.69 bits per heavy atom. The van der Waals surface area contributed by atoms with Gasteiger partial charge in [0.15, 0.2) is 11.2 Å². The summed E-state index contributed by atoms with van der Waals surface area (Å²) in [5, 5.41) is 32.7. The first-order chi connectivity index (χ1) is 16.9. The number of benzene rings is 3. The Labute approximate surface area is 202 Å². The van der Waals surface area contributed by atoms with Crippen molar-refractivity contribution < 1.29 is 9.72 Å². The predicted molar refractivity (Wildman–Crippen MR) is 129 cm³/mol. The molecule has 7 nitrogen and oxygen atoms in total. The molecular formula is C28H20N4O3. The van der Waals surface area contributed by atoms with Crippen LogP contribution in [0.3, 0.4) is 0 Å². The molecule has 3 aromatic carbocycles. The molecule has 0 amide bonds. The molecule has 35 heavy (non-hydrogen) atoms. The average Bonchev–Trinajstić information content (AvgIpc) is 3.14. The van der Waals surface area contributed by atoms with Crippen LogP contribution in [0.25, 0.3) is 6.08 Å². The van der Waals surface area contributed by atoms with Crippen molar-refractivity contribution in [2.24, 2.45) is 5.41 Å². The lowest BCUT2D eigenvalue weighted by molar-refractivity contribution is -0.384. The normalized spacial score (nSPS) is 26.2. The fraction of sp³-hybridized carbons (Fsp3) is 0.179. The van der Waals surface area contributed by atoms with Crippen LogP contribution in [0.4, 0.5) is 5.69 Å². The molecule has 2 aliphatic heterocycles. The van der Waals surface area contributed by atoms with E-state index in [1.54, 1.807) is 60.5 Å². The SMILES string of the molecule is C[C@]12c3ccc([N+](=O)[O-])cc3C=CN1[C@H](C#N)[C@H](c1ccccc1)[C@]2(C#N)C(=O)c1ccccc1. The summed E-state index contributed by atoms with van der Waals surface area (Å²) in [6, 6.07) is 26.1. The number of ketones is 1. The molecule has 0 radical (unpaired) electrons. The molecular weight excluding hydrogens is 440 g/mol. The molecule has 0 N–H and O–H groups in total. The smallest absolute Gasteiger partial charge is 0.270 e. The molecule has 4 atom stereocenters. The topological polar surface area (TPSA) is 111 Å². The zero-order valence-corrected chi connectivity index (χ0v) is 18.8. The second kappa shape index (κ2) is 7.93. The lowest BCUT2D eigenvalue weighted by Gasteiger charge is -2.46. The van der Waals surface area contributed by atoms with Gasteiger partial charge in [0.25, 0.3) is 5.69 Å². The Morgan fingerprint density at radius 1 is 1.03 bits per heavy atom. The first kappa shape index (κ1) is 22.1. The molecule has 0 aromatic heterocycles. The Morgan fingerprint density at radius 3 is 2.29 bits per heavy atom. The van der Waals surface area contributed by atoms with Crippen LogP contribution in [0.15, 0.2) is 85.1 Å². The Balaban J connectivity index is 1.86. The molecule has 5 rings (SSSR count). The number of carbonyl (C=O) groups is 1. The van der Waals surface area contributed by atoms with Crippen molar-refractivity contribution >= 4 is 17.5 Å². The number of nitro groups is 1. The van der Waals surface area contributed by atoms with Crippen molar-refractivity contribution in [3.05, 3.63) is 117 Å². The van der Waals surface area contributed by atoms with Crippen molar-refractivity contribution in [2.75, 3.05) is 0 Å². The van der Waals surface area contributed by atoms with Gasteiger partial charge < -0.3 is 4.90 Å². The number of fused-ring (bicyclic) bond motifs is 3. The van der Waals surface area contributed by atoms with E-state index in [4.69, 9.17) is 0 Å². The summed E-state index contributed by atoms with van der Waals surface area (Å²) in [5.74, 6) is -1.17. The van der Waals surface area contributed by atoms with Crippen molar-refractivity contribution in [1.82, 2.24) is 4.90 Å². The Bertz CT molecular complexity index is 1460. The number of hydrogen-bond donors (Lipinski definition) is 0. The number of rotatable bonds is 4. The number of nitro benzene ring substituents is 1. The van der Waals surface area contributed by atoms with Gasteiger partial charge in [-0.3, -0.25) is 14.9 Å². The minimum atomic E-state index is -1.70. The summed E-state index contributed by atoms with van der Waals surface area (Å²) >= 11 is 0. The van der Waals surface area contributed by atoms with Gasteiger partial charge in [-0.05, 0) is 35.8 Å². The van der Waals surface area contributed by atoms with Gasteiger partial charge >= 0.3 is 0 Å². The third kappa shape index (κ3) is 2.85. The minimum Gasteiger partial charge on any atom is -0.350 e. The lowest BCUT2D eigenvalue weighted by atomic mass is 9.57. The molecule has 2 heterocycles. The number of non-ortho nitro benzene ring substituents is 1. The number of nitrogens with zero attached hydrogens (tertiary/aromatic N) is 4. The molecule has 0 saturated carbocycles. The van der Waals surface area contributed by atoms with E-state index in [1.165, 1.54) is 12.1 Å². The highest BCUT2D eigenvalue weighted by Crippen LogP contribution is 2.64. The summed E-state index contributed by atoms with van der Waals surface area (Å²) in [7, 11) is 0. The fourth-order valence-corrected chi connectivity index (χ4v) is 5.82. The van der Waals surface area contributed by atoms with E-state index in [0.717, 1.165) is 0 Å². The van der Waals surface area contributed by atoms with Crippen LogP contribution in [0, 0.1) is 38.2 Å². The number of carbonyl (C=O) groups excluding carboxylic acids is 1. The third-order valence-electron chi connectivity index (χ3n) is 7.41. The van der Waals surface area contributed by atoms with E-state index in [-0.39, 0.29) is 11.5 Å². The third-order valence-corrected chi connectivity index (χ3v) is 7.41. The minimum absolute atomic E-state index is 0.0863. The molecule has 0 bridgehead atoms. The van der Waals surface area contributed by atoms with Crippen LogP contribution < -0.4 is 0 Å². The Hall–Kier alpha value is -4.75. The van der Waals surface area contributed by atoms with E-state index in [2.05, 4.69) is 12.1 Å². The molecule has 1 saturated heterocycles. The molecule has 3 aromatic rings. The van der Waals surface area contributed by atoms with Crippen molar-refractivity contribution in [2.45, 2.75) is 24.4 Å². The number of nitriles is 2. The maximum absolute atomic E-state index is 14.4. The second-order valence-corrected chi connectivity index (χ2v) is 8.90. The van der Waals surface area contributed by atoms with Gasteiger partial charge in [0.1, 0.15) is 6.04 Å². The van der Waals surface area contributed by atoms with E-state index in [1.807, 2.05) is 30.3 Å². The fourth-order valence-electron chi connectivity index (χ4n) is 5.82. The highest BCUT2D eigenvalue weighted by atomic mass is 16.6. The van der Waals surface area contributed by atoms with Crippen molar-refractivity contribution in [1.29, 1.82) is 10.5 Å². The Kier molecular flexibility index (Phi) is 5.00. The summed E-state index contributed by atoms with van der Waals surface area (Å²) in [6.07, 6.45) is 3.39. The summed E-state index contributed by atoms with van der Waals surface area (Å²) in [6.45, 7) is 1.79. The van der Waals surface area contributed by atoms with E-state index >= 15 is 0 Å². The zero-order valence-electron chi connectivity index (χ0n) is 18.8. The predicted octanol–water partition coefficient (Wildman–Crippen LogP) is 5.18. The van der Waals surface area contributed by atoms with E-state index in [0.29, 0.717) is 22.3 Å². The maximum Gasteiger partial charge on any atom is 0.270 e. The monoisotopic (exact) mass is 460 g/mol. The molecule has 1 fully saturated rings. The van der Waals surface area contributed by atoms with Gasteiger partial charge in [-0.25, -0.2) is 0 Å². The summed E-state index contributed by atoms with van der Waals surface area (Å²) < 4.78 is 0. The van der Waals surface area contributed by atoms with Gasteiger partial charge in [-0.2, -0.15) is 10.5 Å². The van der Waals surface area contributed by atoms with E-state index < -0.39 is 27.8 Å². The van der Waals surface area contributed by atoms with Gasteiger partial charge in [-0.15, -0.1) is 0 Å². The van der Waals surface area contributed by atoms with Crippen LogP contribution in [0.1, 0.15) is 39.9 Å². The van der Waals surface area contributed by atoms with Crippen LogP contribution in [-0.2, 0) is 5.54 Å². The first-order valence-electron chi connectivity index (χ1n) is 11.1. The molecule has 0 spiro atoms. The second-order valence-electron chi connectivity index (χ2n) is 8.90. The quantitative estimate of drug-likeness (QED) is 0.301. The highest BCUT2D eigenvalue weighted by Gasteiger charge is 2.71. The van der Waals surface area contributed by atoms with Gasteiger partial charge in [-0.1, -0.05) is 60.7 Å². The van der Waals surface area contributed by atoms with Gasteiger partial charge in [0.05, 0.1) is 22.6 Å².